The Balaban J connectivity index is 1.44. The molecule has 9 heteroatoms. The van der Waals surface area contributed by atoms with Crippen LogP contribution < -0.4 is 0 Å². The highest BCUT2D eigenvalue weighted by molar-refractivity contribution is 7.89. The van der Waals surface area contributed by atoms with Crippen LogP contribution in [-0.2, 0) is 10.0 Å². The smallest absolute Gasteiger partial charge is 0.253 e. The summed E-state index contributed by atoms with van der Waals surface area (Å²) in [4.78, 5) is 14.7. The van der Waals surface area contributed by atoms with Crippen molar-refractivity contribution in [1.82, 2.24) is 19.0 Å². The summed E-state index contributed by atoms with van der Waals surface area (Å²) in [6, 6.07) is 15.7. The maximum Gasteiger partial charge on any atom is 0.253 e. The summed E-state index contributed by atoms with van der Waals surface area (Å²) in [5.41, 5.74) is 3.40. The van der Waals surface area contributed by atoms with E-state index in [1.54, 1.807) is 35.2 Å². The lowest BCUT2D eigenvalue weighted by Crippen LogP contribution is -2.50. The molecule has 0 bridgehead atoms. The number of rotatable bonds is 4. The minimum atomic E-state index is -3.69. The molecule has 31 heavy (non-hydrogen) atoms. The summed E-state index contributed by atoms with van der Waals surface area (Å²) in [5.74, 6) is -0.116. The van der Waals surface area contributed by atoms with Crippen LogP contribution in [0.3, 0.4) is 0 Å². The van der Waals surface area contributed by atoms with Gasteiger partial charge >= 0.3 is 0 Å². The van der Waals surface area contributed by atoms with Gasteiger partial charge in [-0.25, -0.2) is 13.1 Å². The number of carbonyl (C=O) groups excluding carboxylic acids is 1. The second-order valence-electron chi connectivity index (χ2n) is 7.51. The zero-order chi connectivity index (χ0) is 22.2. The molecule has 0 radical (unpaired) electrons. The second-order valence-corrected chi connectivity index (χ2v) is 9.83. The SMILES string of the molecule is Cc1cc(C)n(-c2ccc(C(=O)N3CCN(S(=O)(=O)c4ccccc4Cl)CC3)cc2)n1. The van der Waals surface area contributed by atoms with E-state index in [0.29, 0.717) is 18.7 Å². The van der Waals surface area contributed by atoms with Gasteiger partial charge in [-0.05, 0) is 56.3 Å². The maximum atomic E-state index is 12.9. The van der Waals surface area contributed by atoms with Crippen LogP contribution >= 0.6 is 11.6 Å². The van der Waals surface area contributed by atoms with Crippen LogP contribution in [0, 0.1) is 13.8 Å². The van der Waals surface area contributed by atoms with E-state index >= 15 is 0 Å². The molecule has 1 aromatic heterocycles. The fourth-order valence-electron chi connectivity index (χ4n) is 3.74. The molecule has 0 spiro atoms. The second kappa shape index (κ2) is 8.45. The molecule has 1 aliphatic heterocycles. The number of halogens is 1. The van der Waals surface area contributed by atoms with Crippen molar-refractivity contribution in [3.8, 4) is 5.69 Å². The quantitative estimate of drug-likeness (QED) is 0.601. The predicted molar refractivity (Wildman–Crippen MR) is 119 cm³/mol. The number of aryl methyl sites for hydroxylation is 2. The molecule has 0 saturated carbocycles. The molecule has 162 valence electrons. The Hall–Kier alpha value is -2.68. The summed E-state index contributed by atoms with van der Waals surface area (Å²) in [5, 5.41) is 4.65. The molecule has 1 saturated heterocycles. The lowest BCUT2D eigenvalue weighted by Gasteiger charge is -2.34. The van der Waals surface area contributed by atoms with Crippen molar-refractivity contribution in [3.63, 3.8) is 0 Å². The Labute approximate surface area is 186 Å². The summed E-state index contributed by atoms with van der Waals surface area (Å²) in [6.07, 6.45) is 0. The van der Waals surface area contributed by atoms with Gasteiger partial charge in [-0.3, -0.25) is 4.79 Å². The van der Waals surface area contributed by atoms with Crippen LogP contribution in [-0.4, -0.2) is 59.5 Å². The minimum absolute atomic E-state index is 0.0937. The molecule has 3 aromatic rings. The number of sulfonamides is 1. The average Bonchev–Trinajstić information content (AvgIpc) is 3.11. The third-order valence-electron chi connectivity index (χ3n) is 5.35. The normalized spacial score (nSPS) is 15.3. The first kappa shape index (κ1) is 21.5. The molecule has 1 fully saturated rings. The van der Waals surface area contributed by atoms with Gasteiger partial charge in [-0.1, -0.05) is 23.7 Å². The van der Waals surface area contributed by atoms with Crippen molar-refractivity contribution in [2.45, 2.75) is 18.7 Å². The first-order valence-electron chi connectivity index (χ1n) is 9.95. The average molecular weight is 459 g/mol. The van der Waals surface area contributed by atoms with Gasteiger partial charge in [0.15, 0.2) is 0 Å². The fraction of sp³-hybridized carbons (Fsp3) is 0.273. The highest BCUT2D eigenvalue weighted by atomic mass is 35.5. The summed E-state index contributed by atoms with van der Waals surface area (Å²) < 4.78 is 29.0. The molecule has 2 heterocycles. The predicted octanol–water partition coefficient (Wildman–Crippen LogP) is 3.29. The highest BCUT2D eigenvalue weighted by Crippen LogP contribution is 2.25. The molecular formula is C22H23ClN4O3S. The van der Waals surface area contributed by atoms with Gasteiger partial charge in [0.05, 0.1) is 16.4 Å². The van der Waals surface area contributed by atoms with Gasteiger partial charge in [0.25, 0.3) is 5.91 Å². The fourth-order valence-corrected chi connectivity index (χ4v) is 5.66. The van der Waals surface area contributed by atoms with Crippen LogP contribution in [0.25, 0.3) is 5.69 Å². The van der Waals surface area contributed by atoms with Crippen molar-refractivity contribution >= 4 is 27.5 Å². The van der Waals surface area contributed by atoms with E-state index in [4.69, 9.17) is 11.6 Å². The van der Waals surface area contributed by atoms with E-state index < -0.39 is 10.0 Å². The molecule has 0 aliphatic carbocycles. The Kier molecular flexibility index (Phi) is 5.88. The summed E-state index contributed by atoms with van der Waals surface area (Å²) in [6.45, 7) is 5.01. The molecule has 4 rings (SSSR count). The molecule has 0 unspecified atom stereocenters. The van der Waals surface area contributed by atoms with Crippen molar-refractivity contribution < 1.29 is 13.2 Å². The number of hydrogen-bond acceptors (Lipinski definition) is 4. The highest BCUT2D eigenvalue weighted by Gasteiger charge is 2.31. The monoisotopic (exact) mass is 458 g/mol. The lowest BCUT2D eigenvalue weighted by molar-refractivity contribution is 0.0698. The Morgan fingerprint density at radius 3 is 2.19 bits per heavy atom. The van der Waals surface area contributed by atoms with Crippen LogP contribution in [0.15, 0.2) is 59.5 Å². The number of carbonyl (C=O) groups is 1. The van der Waals surface area contributed by atoms with E-state index in [-0.39, 0.29) is 28.9 Å². The van der Waals surface area contributed by atoms with Gasteiger partial charge in [0, 0.05) is 37.4 Å². The number of benzene rings is 2. The van der Waals surface area contributed by atoms with Crippen molar-refractivity contribution in [1.29, 1.82) is 0 Å². The van der Waals surface area contributed by atoms with Gasteiger partial charge in [0.1, 0.15) is 4.90 Å². The van der Waals surface area contributed by atoms with Crippen molar-refractivity contribution in [2.75, 3.05) is 26.2 Å². The standard InChI is InChI=1S/C22H23ClN4O3S/c1-16-15-17(2)27(24-16)19-9-7-18(8-10-19)22(28)25-11-13-26(14-12-25)31(29,30)21-6-4-3-5-20(21)23/h3-10,15H,11-14H2,1-2H3. The molecular weight excluding hydrogens is 436 g/mol. The lowest BCUT2D eigenvalue weighted by atomic mass is 10.1. The van der Waals surface area contributed by atoms with Gasteiger partial charge in [0.2, 0.25) is 10.0 Å². The summed E-state index contributed by atoms with van der Waals surface area (Å²) in [7, 11) is -3.69. The zero-order valence-electron chi connectivity index (χ0n) is 17.3. The van der Waals surface area contributed by atoms with Gasteiger partial charge in [-0.2, -0.15) is 9.40 Å². The molecule has 0 N–H and O–H groups in total. The third-order valence-corrected chi connectivity index (χ3v) is 7.75. The molecule has 1 amide bonds. The summed E-state index contributed by atoms with van der Waals surface area (Å²) >= 11 is 6.08. The number of aromatic nitrogens is 2. The van der Waals surface area contributed by atoms with Crippen molar-refractivity contribution in [3.05, 3.63) is 76.6 Å². The third kappa shape index (κ3) is 4.23. The zero-order valence-corrected chi connectivity index (χ0v) is 18.9. The minimum Gasteiger partial charge on any atom is -0.336 e. The van der Waals surface area contributed by atoms with Crippen LogP contribution in [0.2, 0.25) is 5.02 Å². The Morgan fingerprint density at radius 1 is 0.968 bits per heavy atom. The van der Waals surface area contributed by atoms with Gasteiger partial charge < -0.3 is 4.90 Å². The number of hydrogen-bond donors (Lipinski definition) is 0. The molecule has 1 aliphatic rings. The van der Waals surface area contributed by atoms with E-state index in [1.807, 2.05) is 36.7 Å². The Morgan fingerprint density at radius 2 is 1.61 bits per heavy atom. The van der Waals surface area contributed by atoms with Crippen LogP contribution in [0.1, 0.15) is 21.7 Å². The Bertz CT molecular complexity index is 1210. The topological polar surface area (TPSA) is 75.5 Å². The van der Waals surface area contributed by atoms with E-state index in [0.717, 1.165) is 17.1 Å². The first-order valence-corrected chi connectivity index (χ1v) is 11.8. The largest absolute Gasteiger partial charge is 0.336 e. The van der Waals surface area contributed by atoms with Crippen LogP contribution in [0.4, 0.5) is 0 Å². The maximum absolute atomic E-state index is 12.9. The number of piperazine rings is 1. The van der Waals surface area contributed by atoms with E-state index in [2.05, 4.69) is 5.10 Å². The van der Waals surface area contributed by atoms with E-state index in [1.165, 1.54) is 10.4 Å². The number of nitrogens with zero attached hydrogens (tertiary/aromatic N) is 4. The first-order chi connectivity index (χ1) is 14.8. The molecule has 2 aromatic carbocycles. The van der Waals surface area contributed by atoms with E-state index in [9.17, 15) is 13.2 Å². The molecule has 7 nitrogen and oxygen atoms in total. The van der Waals surface area contributed by atoms with Crippen LogP contribution in [0.5, 0.6) is 0 Å². The van der Waals surface area contributed by atoms with Crippen molar-refractivity contribution in [2.24, 2.45) is 0 Å². The van der Waals surface area contributed by atoms with Gasteiger partial charge in [-0.15, -0.1) is 0 Å². The number of amides is 1. The molecule has 0 atom stereocenters.